The summed E-state index contributed by atoms with van der Waals surface area (Å²) in [5, 5.41) is 7.64. The Kier molecular flexibility index (Phi) is 4.27. The summed E-state index contributed by atoms with van der Waals surface area (Å²) >= 11 is 0. The number of halogens is 1. The van der Waals surface area contributed by atoms with Crippen LogP contribution < -0.4 is 5.32 Å². The van der Waals surface area contributed by atoms with E-state index in [2.05, 4.69) is 35.3 Å². The zero-order chi connectivity index (χ0) is 20.8. The van der Waals surface area contributed by atoms with Gasteiger partial charge in [0.1, 0.15) is 5.82 Å². The molecule has 0 saturated carbocycles. The Morgan fingerprint density at radius 2 is 2.13 bits per heavy atom. The highest BCUT2D eigenvalue weighted by atomic mass is 19.1. The van der Waals surface area contributed by atoms with E-state index < -0.39 is 11.9 Å². The van der Waals surface area contributed by atoms with Gasteiger partial charge in [-0.15, -0.1) is 0 Å². The molecule has 4 aromatic rings. The van der Waals surface area contributed by atoms with Crippen molar-refractivity contribution < 1.29 is 9.18 Å². The van der Waals surface area contributed by atoms with Crippen LogP contribution in [0, 0.1) is 5.82 Å². The van der Waals surface area contributed by atoms with Crippen LogP contribution in [-0.2, 0) is 17.6 Å². The number of carbonyl (C=O) groups excluding carboxylic acids is 1. The molecule has 0 fully saturated rings. The van der Waals surface area contributed by atoms with Gasteiger partial charge in [0.2, 0.25) is 5.95 Å². The number of hydrogen-bond donors (Lipinski definition) is 2. The quantitative estimate of drug-likeness (QED) is 0.535. The van der Waals surface area contributed by atoms with Crippen molar-refractivity contribution in [3.63, 3.8) is 0 Å². The van der Waals surface area contributed by atoms with Gasteiger partial charge in [-0.2, -0.15) is 14.6 Å². The first-order valence-corrected chi connectivity index (χ1v) is 9.66. The summed E-state index contributed by atoms with van der Waals surface area (Å²) in [6.07, 6.45) is 6.69. The molecule has 9 nitrogen and oxygen atoms in total. The lowest BCUT2D eigenvalue weighted by Gasteiger charge is -2.22. The molecule has 1 aliphatic rings. The molecule has 10 heteroatoms. The molecule has 5 rings (SSSR count). The lowest BCUT2D eigenvalue weighted by atomic mass is 9.95. The number of nitrogens with zero attached hydrogens (tertiary/aromatic N) is 6. The third-order valence-electron chi connectivity index (χ3n) is 5.23. The van der Waals surface area contributed by atoms with E-state index in [4.69, 9.17) is 0 Å². The Labute approximate surface area is 170 Å². The fourth-order valence-electron chi connectivity index (χ4n) is 3.63. The number of carbonyl (C=O) groups is 1. The molecule has 30 heavy (non-hydrogen) atoms. The maximum Gasteiger partial charge on any atom is 0.228 e. The summed E-state index contributed by atoms with van der Waals surface area (Å²) in [6.45, 7) is 4.08. The third kappa shape index (κ3) is 3.10. The summed E-state index contributed by atoms with van der Waals surface area (Å²) in [4.78, 5) is 33.0. The average molecular weight is 406 g/mol. The lowest BCUT2D eigenvalue weighted by Crippen LogP contribution is -2.38. The van der Waals surface area contributed by atoms with Gasteiger partial charge in [-0.25, -0.2) is 14.4 Å². The summed E-state index contributed by atoms with van der Waals surface area (Å²) in [6, 6.07) is 0.833. The van der Waals surface area contributed by atoms with E-state index in [9.17, 15) is 9.18 Å². The number of anilines is 1. The van der Waals surface area contributed by atoms with Crippen molar-refractivity contribution >= 4 is 17.4 Å². The number of pyridine rings is 1. The number of ketones is 1. The number of nitrogens with one attached hydrogen (secondary N) is 2. The molecule has 0 amide bonds. The van der Waals surface area contributed by atoms with Crippen molar-refractivity contribution in [2.24, 2.45) is 0 Å². The van der Waals surface area contributed by atoms with E-state index in [-0.39, 0.29) is 18.1 Å². The van der Waals surface area contributed by atoms with E-state index in [0.29, 0.717) is 29.4 Å². The predicted octanol–water partition coefficient (Wildman–Crippen LogP) is 2.32. The molecule has 1 aliphatic carbocycles. The second-order valence-corrected chi connectivity index (χ2v) is 7.62. The number of hydrogen-bond acceptors (Lipinski definition) is 7. The number of aromatic amines is 1. The molecular weight excluding hydrogens is 387 g/mol. The van der Waals surface area contributed by atoms with Crippen LogP contribution >= 0.6 is 0 Å². The molecule has 0 aliphatic heterocycles. The highest BCUT2D eigenvalue weighted by Crippen LogP contribution is 2.26. The number of imidazole rings is 1. The van der Waals surface area contributed by atoms with Crippen molar-refractivity contribution in [1.82, 2.24) is 34.5 Å². The fraction of sp³-hybridized carbons (Fsp3) is 0.300. The summed E-state index contributed by atoms with van der Waals surface area (Å²) < 4.78 is 15.3. The minimum Gasteiger partial charge on any atom is -0.348 e. The molecule has 0 bridgehead atoms. The molecule has 152 valence electrons. The Morgan fingerprint density at radius 3 is 2.93 bits per heavy atom. The van der Waals surface area contributed by atoms with Crippen LogP contribution in [0.1, 0.15) is 36.7 Å². The first kappa shape index (κ1) is 18.3. The van der Waals surface area contributed by atoms with E-state index in [1.165, 1.54) is 12.3 Å². The number of Topliss-reactive ketones (excluding diaryl/α,β-unsaturated/α-hetero) is 1. The van der Waals surface area contributed by atoms with Crippen LogP contribution in [0.25, 0.3) is 17.0 Å². The molecule has 0 aromatic carbocycles. The van der Waals surface area contributed by atoms with E-state index in [1.807, 2.05) is 13.8 Å². The van der Waals surface area contributed by atoms with Crippen LogP contribution in [0.15, 0.2) is 31.0 Å². The van der Waals surface area contributed by atoms with Gasteiger partial charge in [-0.1, -0.05) is 13.8 Å². The number of fused-ring (bicyclic) bond motifs is 2. The minimum absolute atomic E-state index is 0.0312. The molecule has 0 saturated heterocycles. The van der Waals surface area contributed by atoms with Gasteiger partial charge in [0.25, 0.3) is 0 Å². The Hall–Kier alpha value is -3.69. The second-order valence-electron chi connectivity index (χ2n) is 7.62. The maximum absolute atomic E-state index is 13.7. The van der Waals surface area contributed by atoms with Crippen LogP contribution in [-0.4, -0.2) is 46.4 Å². The number of H-pyrrole nitrogens is 1. The molecule has 2 N–H and O–H groups in total. The van der Waals surface area contributed by atoms with Crippen LogP contribution in [0.4, 0.5) is 10.3 Å². The Morgan fingerprint density at radius 1 is 1.27 bits per heavy atom. The van der Waals surface area contributed by atoms with Gasteiger partial charge in [0.15, 0.2) is 17.3 Å². The minimum atomic E-state index is -0.496. The molecule has 4 aromatic heterocycles. The van der Waals surface area contributed by atoms with Crippen molar-refractivity contribution in [3.05, 3.63) is 53.8 Å². The first-order chi connectivity index (χ1) is 14.5. The third-order valence-corrected chi connectivity index (χ3v) is 5.23. The van der Waals surface area contributed by atoms with Crippen molar-refractivity contribution in [1.29, 1.82) is 0 Å². The highest BCUT2D eigenvalue weighted by molar-refractivity contribution is 5.90. The number of rotatable bonds is 4. The number of aromatic nitrogens is 7. The highest BCUT2D eigenvalue weighted by Gasteiger charge is 2.29. The molecule has 0 unspecified atom stereocenters. The summed E-state index contributed by atoms with van der Waals surface area (Å²) in [5.41, 5.74) is 3.68. The summed E-state index contributed by atoms with van der Waals surface area (Å²) in [7, 11) is 0. The van der Waals surface area contributed by atoms with Crippen LogP contribution in [0.5, 0.6) is 0 Å². The first-order valence-electron chi connectivity index (χ1n) is 9.66. The molecule has 1 atom stereocenters. The van der Waals surface area contributed by atoms with E-state index in [1.54, 1.807) is 17.0 Å². The van der Waals surface area contributed by atoms with Gasteiger partial charge < -0.3 is 10.3 Å². The zero-order valence-electron chi connectivity index (χ0n) is 16.4. The zero-order valence-corrected chi connectivity index (χ0v) is 16.4. The van der Waals surface area contributed by atoms with E-state index in [0.717, 1.165) is 23.1 Å². The van der Waals surface area contributed by atoms with E-state index >= 15 is 0 Å². The average Bonchev–Trinajstić information content (AvgIpc) is 3.34. The molecular formula is C20H19FN8O. The van der Waals surface area contributed by atoms with Gasteiger partial charge in [0, 0.05) is 29.4 Å². The predicted molar refractivity (Wildman–Crippen MR) is 106 cm³/mol. The van der Waals surface area contributed by atoms with Gasteiger partial charge in [-0.05, 0) is 12.0 Å². The van der Waals surface area contributed by atoms with Crippen molar-refractivity contribution in [2.45, 2.75) is 38.6 Å². The van der Waals surface area contributed by atoms with Gasteiger partial charge in [-0.3, -0.25) is 9.78 Å². The SMILES string of the molecule is CC(C)c1cnn2c(N[C@H]3Cc4nc[nH]c4CC3=O)nc(-c3cncc(F)c3)nc12. The van der Waals surface area contributed by atoms with Crippen LogP contribution in [0.2, 0.25) is 0 Å². The second kappa shape index (κ2) is 6.97. The van der Waals surface area contributed by atoms with Crippen LogP contribution in [0.3, 0.4) is 0 Å². The lowest BCUT2D eigenvalue weighted by molar-refractivity contribution is -0.119. The monoisotopic (exact) mass is 406 g/mol. The Balaban J connectivity index is 1.61. The topological polar surface area (TPSA) is 114 Å². The standard InChI is InChI=1S/C20H19FN8O/c1-10(2)13-8-25-29-19(13)27-18(11-3-12(21)7-22-6-11)28-20(29)26-16-4-14-15(5-17(16)30)24-9-23-14/h3,6-10,16H,4-5H2,1-2H3,(H,23,24)(H,26,27,28)/t16-/m0/s1. The fourth-order valence-corrected chi connectivity index (χ4v) is 3.63. The smallest absolute Gasteiger partial charge is 0.228 e. The normalized spacial score (nSPS) is 16.3. The Bertz CT molecular complexity index is 1260. The maximum atomic E-state index is 13.7. The summed E-state index contributed by atoms with van der Waals surface area (Å²) in [5.74, 6) is 0.401. The van der Waals surface area contributed by atoms with Crippen molar-refractivity contribution in [2.75, 3.05) is 5.32 Å². The largest absolute Gasteiger partial charge is 0.348 e. The molecule has 4 heterocycles. The molecule has 0 radical (unpaired) electrons. The van der Waals surface area contributed by atoms with Gasteiger partial charge >= 0.3 is 0 Å². The molecule has 0 spiro atoms. The van der Waals surface area contributed by atoms with Gasteiger partial charge in [0.05, 0.1) is 36.9 Å². The van der Waals surface area contributed by atoms with Crippen molar-refractivity contribution in [3.8, 4) is 11.4 Å².